The summed E-state index contributed by atoms with van der Waals surface area (Å²) in [6.07, 6.45) is 4.76. The quantitative estimate of drug-likeness (QED) is 0.407. The molecule has 1 aliphatic rings. The van der Waals surface area contributed by atoms with Crippen LogP contribution in [0.15, 0.2) is 11.9 Å². The van der Waals surface area contributed by atoms with Gasteiger partial charge in [-0.2, -0.15) is 0 Å². The molecule has 0 fully saturated rings. The molecule has 0 aromatic heterocycles. The average Bonchev–Trinajstić information content (AvgIpc) is 1.72. The first kappa shape index (κ1) is 4.08. The van der Waals surface area contributed by atoms with Crippen molar-refractivity contribution in [2.24, 2.45) is 0 Å². The minimum Gasteiger partial charge on any atom is -0.0812 e. The molecule has 0 bridgehead atoms. The zero-order valence-corrected chi connectivity index (χ0v) is 4.49. The van der Waals surface area contributed by atoms with Crippen molar-refractivity contribution < 1.29 is 0 Å². The molecule has 0 unspecified atom stereocenters. The summed E-state index contributed by atoms with van der Waals surface area (Å²) < 4.78 is 0. The maximum absolute atomic E-state index is 2.28. The van der Waals surface area contributed by atoms with E-state index in [2.05, 4.69) is 17.7 Å². The molecule has 0 amide bonds. The number of hydrogen-bond donors (Lipinski definition) is 0. The van der Waals surface area contributed by atoms with Gasteiger partial charge in [0.25, 0.3) is 0 Å². The summed E-state index contributed by atoms with van der Waals surface area (Å²) in [6, 6.07) is 0. The molecular weight excluding hydrogens is 91.0 g/mol. The molecule has 32 valence electrons. The second-order valence-corrected chi connectivity index (χ2v) is 2.26. The molecule has 0 aromatic carbocycles. The van der Waals surface area contributed by atoms with Crippen LogP contribution in [0.1, 0.15) is 12.8 Å². The molecular formula is C5H7P. The molecule has 0 spiro atoms. The molecule has 6 heavy (non-hydrogen) atoms. The molecule has 0 radical (unpaired) electrons. The van der Waals surface area contributed by atoms with Crippen molar-refractivity contribution in [2.75, 3.05) is 0 Å². The van der Waals surface area contributed by atoms with Gasteiger partial charge in [0.15, 0.2) is 0 Å². The van der Waals surface area contributed by atoms with Crippen LogP contribution in [0.5, 0.6) is 0 Å². The monoisotopic (exact) mass is 98.0 g/mol. The van der Waals surface area contributed by atoms with Gasteiger partial charge in [-0.25, -0.2) is 0 Å². The Hall–Kier alpha value is -0.0900. The van der Waals surface area contributed by atoms with Crippen LogP contribution in [0.25, 0.3) is 0 Å². The van der Waals surface area contributed by atoms with Gasteiger partial charge in [-0.3, -0.25) is 0 Å². The van der Waals surface area contributed by atoms with E-state index in [1.165, 1.54) is 21.0 Å². The Labute approximate surface area is 39.7 Å². The zero-order chi connectivity index (χ0) is 4.24. The van der Waals surface area contributed by atoms with E-state index in [4.69, 9.17) is 0 Å². The lowest BCUT2D eigenvalue weighted by atomic mass is 10.3. The molecule has 0 N–H and O–H groups in total. The summed E-state index contributed by atoms with van der Waals surface area (Å²) in [5.41, 5.74) is 0. The van der Waals surface area contributed by atoms with Crippen LogP contribution in [-0.2, 0) is 0 Å². The first-order chi connectivity index (χ1) is 3.00. The van der Waals surface area contributed by atoms with Gasteiger partial charge in [0, 0.05) is 0 Å². The van der Waals surface area contributed by atoms with Crippen molar-refractivity contribution in [1.82, 2.24) is 0 Å². The molecule has 1 aliphatic heterocycles. The van der Waals surface area contributed by atoms with Crippen LogP contribution in [0, 0.1) is 0 Å². The maximum atomic E-state index is 2.28. The van der Waals surface area contributed by atoms with E-state index in [9.17, 15) is 0 Å². The van der Waals surface area contributed by atoms with Crippen LogP contribution in [-0.4, -0.2) is 5.80 Å². The van der Waals surface area contributed by atoms with Crippen LogP contribution >= 0.6 is 8.20 Å². The van der Waals surface area contributed by atoms with Gasteiger partial charge in [-0.05, 0) is 18.7 Å². The van der Waals surface area contributed by atoms with Gasteiger partial charge < -0.3 is 0 Å². The SMILES string of the molecule is C1=CP=CCC1. The molecule has 1 heterocycles. The van der Waals surface area contributed by atoms with Gasteiger partial charge in [0.05, 0.1) is 0 Å². The van der Waals surface area contributed by atoms with Gasteiger partial charge in [-0.15, -0.1) is 0 Å². The summed E-state index contributed by atoms with van der Waals surface area (Å²) in [7, 11) is 1.39. The summed E-state index contributed by atoms with van der Waals surface area (Å²) in [5.74, 6) is 4.46. The predicted molar refractivity (Wildman–Crippen MR) is 31.4 cm³/mol. The third kappa shape index (κ3) is 0.948. The van der Waals surface area contributed by atoms with Crippen molar-refractivity contribution in [3.05, 3.63) is 11.9 Å². The first-order valence-corrected chi connectivity index (χ1v) is 3.20. The van der Waals surface area contributed by atoms with Crippen molar-refractivity contribution in [3.8, 4) is 0 Å². The fourth-order valence-electron chi connectivity index (χ4n) is 0.442. The fraction of sp³-hybridized carbons (Fsp3) is 0.400. The van der Waals surface area contributed by atoms with Crippen molar-refractivity contribution in [2.45, 2.75) is 12.8 Å². The van der Waals surface area contributed by atoms with E-state index >= 15 is 0 Å². The van der Waals surface area contributed by atoms with Crippen LogP contribution in [0.3, 0.4) is 0 Å². The van der Waals surface area contributed by atoms with E-state index in [0.29, 0.717) is 0 Å². The average molecular weight is 98.1 g/mol. The van der Waals surface area contributed by atoms with E-state index in [1.54, 1.807) is 0 Å². The second kappa shape index (κ2) is 2.15. The highest BCUT2D eigenvalue weighted by atomic mass is 31.1. The maximum Gasteiger partial charge on any atom is -0.0269 e. The normalized spacial score (nSPS) is 21.3. The molecule has 0 saturated carbocycles. The summed E-state index contributed by atoms with van der Waals surface area (Å²) >= 11 is 0. The molecule has 0 saturated heterocycles. The highest BCUT2D eigenvalue weighted by Crippen LogP contribution is 2.06. The number of rotatable bonds is 0. The Bertz CT molecular complexity index is 69.9. The first-order valence-electron chi connectivity index (χ1n) is 2.17. The Morgan fingerprint density at radius 1 is 1.33 bits per heavy atom. The third-order valence-corrected chi connectivity index (χ3v) is 1.61. The van der Waals surface area contributed by atoms with E-state index < -0.39 is 0 Å². The molecule has 0 aliphatic carbocycles. The Kier molecular flexibility index (Phi) is 1.46. The van der Waals surface area contributed by atoms with Crippen LogP contribution < -0.4 is 0 Å². The van der Waals surface area contributed by atoms with Gasteiger partial charge >= 0.3 is 0 Å². The lowest BCUT2D eigenvalue weighted by Crippen LogP contribution is -1.70. The largest absolute Gasteiger partial charge is 0.0812 e. The number of hydrogen-bond acceptors (Lipinski definition) is 0. The Morgan fingerprint density at radius 3 is 2.50 bits per heavy atom. The number of allylic oxidation sites excluding steroid dienone is 1. The molecule has 1 heteroatoms. The van der Waals surface area contributed by atoms with Crippen LogP contribution in [0.4, 0.5) is 0 Å². The van der Waals surface area contributed by atoms with E-state index in [0.717, 1.165) is 0 Å². The highest BCUT2D eigenvalue weighted by Gasteiger charge is 1.78. The van der Waals surface area contributed by atoms with E-state index in [-0.39, 0.29) is 0 Å². The summed E-state index contributed by atoms with van der Waals surface area (Å²) in [5, 5.41) is 0. The minimum atomic E-state index is 1.26. The van der Waals surface area contributed by atoms with Gasteiger partial charge in [0.2, 0.25) is 0 Å². The Morgan fingerprint density at radius 2 is 2.33 bits per heavy atom. The van der Waals surface area contributed by atoms with Gasteiger partial charge in [0.1, 0.15) is 0 Å². The van der Waals surface area contributed by atoms with Crippen molar-refractivity contribution in [3.63, 3.8) is 0 Å². The predicted octanol–water partition coefficient (Wildman–Crippen LogP) is 2.04. The Balaban J connectivity index is 2.46. The highest BCUT2D eigenvalue weighted by molar-refractivity contribution is 7.42. The lowest BCUT2D eigenvalue weighted by Gasteiger charge is -1.87. The molecule has 0 atom stereocenters. The van der Waals surface area contributed by atoms with E-state index in [1.807, 2.05) is 0 Å². The smallest absolute Gasteiger partial charge is 0.0269 e. The standard InChI is InChI=1S/C5H7P/c1-2-4-6-5-3-1/h2,4-5H,1,3H2. The van der Waals surface area contributed by atoms with Crippen molar-refractivity contribution in [1.29, 1.82) is 0 Å². The summed E-state index contributed by atoms with van der Waals surface area (Å²) in [6.45, 7) is 0. The van der Waals surface area contributed by atoms with Gasteiger partial charge in [-0.1, -0.05) is 20.1 Å². The molecule has 0 aromatic rings. The fourth-order valence-corrected chi connectivity index (χ4v) is 1.13. The molecule has 0 nitrogen and oxygen atoms in total. The molecule has 1 rings (SSSR count). The topological polar surface area (TPSA) is 0 Å². The lowest BCUT2D eigenvalue weighted by molar-refractivity contribution is 1.13. The summed E-state index contributed by atoms with van der Waals surface area (Å²) in [4.78, 5) is 0. The van der Waals surface area contributed by atoms with Crippen molar-refractivity contribution >= 4 is 14.0 Å². The zero-order valence-electron chi connectivity index (χ0n) is 3.59. The minimum absolute atomic E-state index is 1.26. The third-order valence-electron chi connectivity index (χ3n) is 0.759. The second-order valence-electron chi connectivity index (χ2n) is 1.29. The van der Waals surface area contributed by atoms with Crippen LogP contribution in [0.2, 0.25) is 0 Å².